The molecule has 108 valence electrons. The summed E-state index contributed by atoms with van der Waals surface area (Å²) in [6.45, 7) is 1.70. The van der Waals surface area contributed by atoms with Gasteiger partial charge in [0.05, 0.1) is 9.40 Å². The molecule has 0 aliphatic carbocycles. The number of aromatic hydroxyl groups is 1. The van der Waals surface area contributed by atoms with Gasteiger partial charge in [0.1, 0.15) is 5.75 Å². The van der Waals surface area contributed by atoms with E-state index in [0.29, 0.717) is 15.7 Å². The second-order valence-electron chi connectivity index (χ2n) is 4.38. The van der Waals surface area contributed by atoms with Crippen LogP contribution in [-0.2, 0) is 0 Å². The van der Waals surface area contributed by atoms with Gasteiger partial charge in [0.15, 0.2) is 0 Å². The number of nitro benzene ring substituents is 1. The lowest BCUT2D eigenvalue weighted by molar-refractivity contribution is -0.385. The van der Waals surface area contributed by atoms with Crippen molar-refractivity contribution in [3.8, 4) is 5.75 Å². The number of anilines is 1. The highest BCUT2D eigenvalue weighted by Gasteiger charge is 2.16. The van der Waals surface area contributed by atoms with E-state index >= 15 is 0 Å². The minimum absolute atomic E-state index is 0.132. The van der Waals surface area contributed by atoms with Crippen molar-refractivity contribution in [2.45, 2.75) is 6.92 Å². The lowest BCUT2D eigenvalue weighted by Crippen LogP contribution is -2.12. The number of phenols is 1. The minimum atomic E-state index is -0.564. The molecule has 0 bridgehead atoms. The van der Waals surface area contributed by atoms with Crippen LogP contribution in [0.15, 0.2) is 40.9 Å². The van der Waals surface area contributed by atoms with Gasteiger partial charge in [-0.15, -0.1) is 0 Å². The van der Waals surface area contributed by atoms with Gasteiger partial charge in [-0.25, -0.2) is 0 Å². The van der Waals surface area contributed by atoms with E-state index in [0.717, 1.165) is 0 Å². The van der Waals surface area contributed by atoms with E-state index in [-0.39, 0.29) is 17.0 Å². The van der Waals surface area contributed by atoms with Gasteiger partial charge in [-0.1, -0.05) is 0 Å². The Balaban J connectivity index is 2.26. The van der Waals surface area contributed by atoms with Crippen molar-refractivity contribution in [2.75, 3.05) is 5.32 Å². The third kappa shape index (κ3) is 3.38. The number of nitrogens with one attached hydrogen (secondary N) is 1. The second kappa shape index (κ2) is 5.92. The highest BCUT2D eigenvalue weighted by Crippen LogP contribution is 2.26. The van der Waals surface area contributed by atoms with E-state index in [1.807, 2.05) is 0 Å². The lowest BCUT2D eigenvalue weighted by atomic mass is 10.1. The fourth-order valence-electron chi connectivity index (χ4n) is 1.73. The number of nitro groups is 1. The summed E-state index contributed by atoms with van der Waals surface area (Å²) in [7, 11) is 0. The Labute approximate surface area is 128 Å². The van der Waals surface area contributed by atoms with Gasteiger partial charge in [0.25, 0.3) is 11.6 Å². The summed E-state index contributed by atoms with van der Waals surface area (Å²) in [4.78, 5) is 22.4. The van der Waals surface area contributed by atoms with Crippen molar-refractivity contribution in [1.82, 2.24) is 0 Å². The van der Waals surface area contributed by atoms with Crippen molar-refractivity contribution in [3.05, 3.63) is 62.1 Å². The number of halogens is 1. The summed E-state index contributed by atoms with van der Waals surface area (Å²) in [5, 5.41) is 22.9. The van der Waals surface area contributed by atoms with Crippen LogP contribution in [0.3, 0.4) is 0 Å². The van der Waals surface area contributed by atoms with Crippen molar-refractivity contribution in [2.24, 2.45) is 0 Å². The number of nitrogens with zero attached hydrogens (tertiary/aromatic N) is 1. The SMILES string of the molecule is Cc1cc(NC(=O)c2ccc(Br)c([N+](=O)[O-])c2)ccc1O. The highest BCUT2D eigenvalue weighted by atomic mass is 79.9. The Morgan fingerprint density at radius 2 is 2.00 bits per heavy atom. The Morgan fingerprint density at radius 3 is 2.62 bits per heavy atom. The van der Waals surface area contributed by atoms with Crippen LogP contribution in [-0.4, -0.2) is 15.9 Å². The first kappa shape index (κ1) is 15.0. The second-order valence-corrected chi connectivity index (χ2v) is 5.23. The van der Waals surface area contributed by atoms with Crippen LogP contribution in [0.1, 0.15) is 15.9 Å². The van der Waals surface area contributed by atoms with Crippen LogP contribution in [0.4, 0.5) is 11.4 Å². The standard InChI is InChI=1S/C14H11BrN2O4/c1-8-6-10(3-5-13(8)18)16-14(19)9-2-4-11(15)12(7-9)17(20)21/h2-7,18H,1H3,(H,16,19). The van der Waals surface area contributed by atoms with E-state index in [4.69, 9.17) is 0 Å². The molecule has 2 aromatic rings. The zero-order chi connectivity index (χ0) is 15.6. The number of carbonyl (C=O) groups excluding carboxylic acids is 1. The molecular formula is C14H11BrN2O4. The van der Waals surface area contributed by atoms with Crippen LogP contribution < -0.4 is 5.32 Å². The summed E-state index contributed by atoms with van der Waals surface area (Å²) >= 11 is 3.06. The Bertz CT molecular complexity index is 731. The average molecular weight is 351 g/mol. The Hall–Kier alpha value is -2.41. The average Bonchev–Trinajstić information content (AvgIpc) is 2.43. The summed E-state index contributed by atoms with van der Waals surface area (Å²) in [6.07, 6.45) is 0. The van der Waals surface area contributed by atoms with E-state index in [9.17, 15) is 20.0 Å². The van der Waals surface area contributed by atoms with Crippen molar-refractivity contribution < 1.29 is 14.8 Å². The largest absolute Gasteiger partial charge is 0.508 e. The maximum atomic E-state index is 12.1. The molecule has 0 atom stereocenters. The molecule has 0 aliphatic heterocycles. The predicted octanol–water partition coefficient (Wildman–Crippen LogP) is 3.62. The van der Waals surface area contributed by atoms with Crippen LogP contribution in [0.25, 0.3) is 0 Å². The van der Waals surface area contributed by atoms with E-state index in [1.54, 1.807) is 19.1 Å². The van der Waals surface area contributed by atoms with Crippen LogP contribution in [0, 0.1) is 17.0 Å². The number of aryl methyl sites for hydroxylation is 1. The third-order valence-electron chi connectivity index (χ3n) is 2.86. The molecular weight excluding hydrogens is 340 g/mol. The zero-order valence-electron chi connectivity index (χ0n) is 11.0. The van der Waals surface area contributed by atoms with Gasteiger partial charge < -0.3 is 10.4 Å². The monoisotopic (exact) mass is 350 g/mol. The molecule has 1 amide bonds. The molecule has 0 aromatic heterocycles. The molecule has 0 unspecified atom stereocenters. The van der Waals surface area contributed by atoms with Gasteiger partial charge in [-0.2, -0.15) is 0 Å². The van der Waals surface area contributed by atoms with Crippen molar-refractivity contribution in [1.29, 1.82) is 0 Å². The topological polar surface area (TPSA) is 92.5 Å². The smallest absolute Gasteiger partial charge is 0.284 e. The van der Waals surface area contributed by atoms with E-state index < -0.39 is 10.8 Å². The molecule has 0 heterocycles. The summed E-state index contributed by atoms with van der Waals surface area (Å²) in [5.41, 5.74) is 1.12. The first-order chi connectivity index (χ1) is 9.88. The number of amides is 1. The van der Waals surface area contributed by atoms with E-state index in [2.05, 4.69) is 21.2 Å². The molecule has 6 nitrogen and oxygen atoms in total. The van der Waals surface area contributed by atoms with Crippen LogP contribution in [0.2, 0.25) is 0 Å². The molecule has 21 heavy (non-hydrogen) atoms. The molecule has 0 aliphatic rings. The summed E-state index contributed by atoms with van der Waals surface area (Å²) in [5.74, 6) is -0.331. The van der Waals surface area contributed by atoms with Gasteiger partial charge in [0.2, 0.25) is 0 Å². The molecule has 2 aromatic carbocycles. The summed E-state index contributed by atoms with van der Waals surface area (Å²) < 4.78 is 0.310. The van der Waals surface area contributed by atoms with Gasteiger partial charge in [-0.05, 0) is 58.7 Å². The molecule has 0 radical (unpaired) electrons. The third-order valence-corrected chi connectivity index (χ3v) is 3.53. The molecule has 7 heteroatoms. The highest BCUT2D eigenvalue weighted by molar-refractivity contribution is 9.10. The van der Waals surface area contributed by atoms with Crippen LogP contribution >= 0.6 is 15.9 Å². The zero-order valence-corrected chi connectivity index (χ0v) is 12.5. The molecule has 2 rings (SSSR count). The number of hydrogen-bond donors (Lipinski definition) is 2. The van der Waals surface area contributed by atoms with Gasteiger partial charge >= 0.3 is 0 Å². The Morgan fingerprint density at radius 1 is 1.29 bits per heavy atom. The quantitative estimate of drug-likeness (QED) is 0.502. The van der Waals surface area contributed by atoms with E-state index in [1.165, 1.54) is 24.3 Å². The minimum Gasteiger partial charge on any atom is -0.508 e. The maximum Gasteiger partial charge on any atom is 0.284 e. The normalized spacial score (nSPS) is 10.2. The van der Waals surface area contributed by atoms with Crippen molar-refractivity contribution in [3.63, 3.8) is 0 Å². The predicted molar refractivity (Wildman–Crippen MR) is 81.6 cm³/mol. The van der Waals surface area contributed by atoms with Crippen molar-refractivity contribution >= 4 is 33.2 Å². The van der Waals surface area contributed by atoms with Gasteiger partial charge in [-0.3, -0.25) is 14.9 Å². The number of benzene rings is 2. The first-order valence-corrected chi connectivity index (χ1v) is 6.72. The molecule has 0 fully saturated rings. The lowest BCUT2D eigenvalue weighted by Gasteiger charge is -2.07. The summed E-state index contributed by atoms with van der Waals surface area (Å²) in [6, 6.07) is 8.77. The fraction of sp³-hybridized carbons (Fsp3) is 0.0714. The maximum absolute atomic E-state index is 12.1. The number of rotatable bonds is 3. The van der Waals surface area contributed by atoms with Gasteiger partial charge in [0, 0.05) is 17.3 Å². The number of hydrogen-bond acceptors (Lipinski definition) is 4. The molecule has 0 saturated heterocycles. The Kier molecular flexibility index (Phi) is 4.23. The fourth-order valence-corrected chi connectivity index (χ4v) is 2.12. The molecule has 0 saturated carbocycles. The number of phenolic OH excluding ortho intramolecular Hbond substituents is 1. The molecule has 0 spiro atoms. The first-order valence-electron chi connectivity index (χ1n) is 5.93. The number of carbonyl (C=O) groups is 1. The van der Waals surface area contributed by atoms with Crippen LogP contribution in [0.5, 0.6) is 5.75 Å². The molecule has 2 N–H and O–H groups in total.